The van der Waals surface area contributed by atoms with Crippen molar-refractivity contribution in [2.45, 2.75) is 25.8 Å². The predicted octanol–water partition coefficient (Wildman–Crippen LogP) is 2.58. The Hall–Kier alpha value is -1.95. The summed E-state index contributed by atoms with van der Waals surface area (Å²) in [6.45, 7) is 2.01. The zero-order valence-corrected chi connectivity index (χ0v) is 9.27. The Bertz CT molecular complexity index is 367. The van der Waals surface area contributed by atoms with Crippen molar-refractivity contribution < 1.29 is 9.53 Å². The van der Waals surface area contributed by atoms with Crippen molar-refractivity contribution >= 4 is 6.09 Å². The highest BCUT2D eigenvalue weighted by Crippen LogP contribution is 2.08. The molecule has 1 unspecified atom stereocenters. The molecule has 1 N–H and O–H groups in total. The Kier molecular flexibility index (Phi) is 4.94. The average Bonchev–Trinajstić information content (AvgIpc) is 2.29. The molecule has 16 heavy (non-hydrogen) atoms. The number of nitrogens with one attached hydrogen (secondary N) is 1. The van der Waals surface area contributed by atoms with Crippen molar-refractivity contribution in [1.29, 1.82) is 0 Å². The lowest BCUT2D eigenvalue weighted by atomic mass is 10.2. The third-order valence-corrected chi connectivity index (χ3v) is 2.02. The summed E-state index contributed by atoms with van der Waals surface area (Å²) in [6.07, 6.45) is 6.44. The van der Waals surface area contributed by atoms with Gasteiger partial charge in [-0.2, -0.15) is 0 Å². The first-order chi connectivity index (χ1) is 7.76. The van der Waals surface area contributed by atoms with Gasteiger partial charge in [0.15, 0.2) is 0 Å². The molecule has 0 aliphatic heterocycles. The van der Waals surface area contributed by atoms with Gasteiger partial charge in [0.2, 0.25) is 0 Å². The minimum absolute atomic E-state index is 0.263. The van der Waals surface area contributed by atoms with Crippen molar-refractivity contribution in [3.63, 3.8) is 0 Å². The van der Waals surface area contributed by atoms with Gasteiger partial charge >= 0.3 is 6.09 Å². The highest BCUT2D eigenvalue weighted by atomic mass is 16.6. The Labute approximate surface area is 95.8 Å². The number of hydrogen-bond donors (Lipinski definition) is 1. The highest BCUT2D eigenvalue weighted by molar-refractivity contribution is 5.71. The number of para-hydroxylation sites is 1. The number of ether oxygens (including phenoxy) is 1. The molecule has 0 bridgehead atoms. The minimum Gasteiger partial charge on any atom is -0.410 e. The standard InChI is InChI=1S/C13H15NO2/c1-3-8-11(4-2)14-13(15)16-12-9-6-5-7-10-12/h2,5-7,9-11H,3,8H2,1H3,(H,14,15). The molecule has 3 heteroatoms. The highest BCUT2D eigenvalue weighted by Gasteiger charge is 2.09. The van der Waals surface area contributed by atoms with Crippen LogP contribution in [-0.4, -0.2) is 12.1 Å². The van der Waals surface area contributed by atoms with Crippen LogP contribution in [0.25, 0.3) is 0 Å². The number of carbonyl (C=O) groups excluding carboxylic acids is 1. The molecule has 0 spiro atoms. The molecule has 0 heterocycles. The van der Waals surface area contributed by atoms with E-state index in [9.17, 15) is 4.79 Å². The van der Waals surface area contributed by atoms with Crippen LogP contribution in [0.5, 0.6) is 5.75 Å². The predicted molar refractivity (Wildman–Crippen MR) is 63.1 cm³/mol. The largest absolute Gasteiger partial charge is 0.413 e. The van der Waals surface area contributed by atoms with Crippen molar-refractivity contribution in [2.75, 3.05) is 0 Å². The average molecular weight is 217 g/mol. The first kappa shape index (κ1) is 12.1. The SMILES string of the molecule is C#CC(CCC)NC(=O)Oc1ccccc1. The number of carbonyl (C=O) groups is 1. The van der Waals surface area contributed by atoms with Crippen LogP contribution in [0.15, 0.2) is 30.3 Å². The van der Waals surface area contributed by atoms with E-state index in [1.54, 1.807) is 24.3 Å². The fraction of sp³-hybridized carbons (Fsp3) is 0.308. The lowest BCUT2D eigenvalue weighted by Gasteiger charge is -2.11. The van der Waals surface area contributed by atoms with Crippen LogP contribution in [-0.2, 0) is 0 Å². The summed E-state index contributed by atoms with van der Waals surface area (Å²) in [6, 6.07) is 8.61. The molecule has 1 rings (SSSR count). The third-order valence-electron chi connectivity index (χ3n) is 2.02. The lowest BCUT2D eigenvalue weighted by molar-refractivity contribution is 0.198. The van der Waals surface area contributed by atoms with Crippen LogP contribution in [0.3, 0.4) is 0 Å². The Morgan fingerprint density at radius 2 is 2.19 bits per heavy atom. The van der Waals surface area contributed by atoms with Gasteiger partial charge in [-0.25, -0.2) is 4.79 Å². The minimum atomic E-state index is -0.511. The Morgan fingerprint density at radius 1 is 1.50 bits per heavy atom. The summed E-state index contributed by atoms with van der Waals surface area (Å²) in [5.41, 5.74) is 0. The molecule has 0 aromatic heterocycles. The topological polar surface area (TPSA) is 38.3 Å². The summed E-state index contributed by atoms with van der Waals surface area (Å²) in [5.74, 6) is 3.01. The fourth-order valence-corrected chi connectivity index (χ4v) is 1.25. The maximum Gasteiger partial charge on any atom is 0.413 e. The Balaban J connectivity index is 2.45. The molecule has 0 aliphatic carbocycles. The lowest BCUT2D eigenvalue weighted by Crippen LogP contribution is -2.35. The molecule has 0 saturated heterocycles. The van der Waals surface area contributed by atoms with E-state index in [0.717, 1.165) is 12.8 Å². The number of amides is 1. The van der Waals surface area contributed by atoms with E-state index < -0.39 is 6.09 Å². The van der Waals surface area contributed by atoms with Gasteiger partial charge in [-0.1, -0.05) is 37.5 Å². The van der Waals surface area contributed by atoms with Gasteiger partial charge in [0.25, 0.3) is 0 Å². The van der Waals surface area contributed by atoms with Crippen molar-refractivity contribution in [1.82, 2.24) is 5.32 Å². The molecule has 1 aromatic rings. The van der Waals surface area contributed by atoms with Crippen LogP contribution in [0.1, 0.15) is 19.8 Å². The van der Waals surface area contributed by atoms with Crippen molar-refractivity contribution in [2.24, 2.45) is 0 Å². The van der Waals surface area contributed by atoms with E-state index in [2.05, 4.69) is 11.2 Å². The van der Waals surface area contributed by atoms with E-state index >= 15 is 0 Å². The van der Waals surface area contributed by atoms with E-state index in [1.165, 1.54) is 0 Å². The van der Waals surface area contributed by atoms with Crippen LogP contribution in [0.4, 0.5) is 4.79 Å². The second-order valence-electron chi connectivity index (χ2n) is 3.35. The Morgan fingerprint density at radius 3 is 2.75 bits per heavy atom. The maximum atomic E-state index is 11.4. The summed E-state index contributed by atoms with van der Waals surface area (Å²) < 4.78 is 5.05. The third kappa shape index (κ3) is 4.05. The zero-order chi connectivity index (χ0) is 11.8. The van der Waals surface area contributed by atoms with Gasteiger partial charge in [0.1, 0.15) is 5.75 Å². The van der Waals surface area contributed by atoms with Crippen LogP contribution >= 0.6 is 0 Å². The van der Waals surface area contributed by atoms with Gasteiger partial charge in [-0.05, 0) is 18.6 Å². The summed E-state index contributed by atoms with van der Waals surface area (Å²) >= 11 is 0. The fourth-order valence-electron chi connectivity index (χ4n) is 1.25. The number of hydrogen-bond acceptors (Lipinski definition) is 2. The molecule has 1 amide bonds. The van der Waals surface area contributed by atoms with Gasteiger partial charge in [-0.15, -0.1) is 6.42 Å². The van der Waals surface area contributed by atoms with E-state index in [4.69, 9.17) is 11.2 Å². The smallest absolute Gasteiger partial charge is 0.410 e. The van der Waals surface area contributed by atoms with Gasteiger partial charge < -0.3 is 10.1 Å². The van der Waals surface area contributed by atoms with E-state index in [-0.39, 0.29) is 6.04 Å². The molecule has 0 fully saturated rings. The summed E-state index contributed by atoms with van der Waals surface area (Å²) in [5, 5.41) is 2.62. The quantitative estimate of drug-likeness (QED) is 0.787. The van der Waals surface area contributed by atoms with Crippen LogP contribution in [0, 0.1) is 12.3 Å². The number of terminal acetylenes is 1. The molecular weight excluding hydrogens is 202 g/mol. The summed E-state index contributed by atoms with van der Waals surface area (Å²) in [7, 11) is 0. The van der Waals surface area contributed by atoms with Gasteiger partial charge in [0, 0.05) is 0 Å². The first-order valence-electron chi connectivity index (χ1n) is 5.25. The molecule has 0 saturated carbocycles. The van der Waals surface area contributed by atoms with Crippen molar-refractivity contribution in [3.05, 3.63) is 30.3 Å². The summed E-state index contributed by atoms with van der Waals surface area (Å²) in [4.78, 5) is 11.4. The zero-order valence-electron chi connectivity index (χ0n) is 9.27. The second-order valence-corrected chi connectivity index (χ2v) is 3.35. The molecule has 1 atom stereocenters. The maximum absolute atomic E-state index is 11.4. The van der Waals surface area contributed by atoms with Crippen LogP contribution < -0.4 is 10.1 Å². The molecule has 3 nitrogen and oxygen atoms in total. The number of rotatable bonds is 4. The number of benzene rings is 1. The molecule has 0 aliphatic rings. The molecule has 84 valence electrons. The molecule has 1 aromatic carbocycles. The van der Waals surface area contributed by atoms with E-state index in [0.29, 0.717) is 5.75 Å². The van der Waals surface area contributed by atoms with Gasteiger partial charge in [0.05, 0.1) is 6.04 Å². The van der Waals surface area contributed by atoms with Gasteiger partial charge in [-0.3, -0.25) is 0 Å². The molecule has 0 radical (unpaired) electrons. The van der Waals surface area contributed by atoms with Crippen LogP contribution in [0.2, 0.25) is 0 Å². The second kappa shape index (κ2) is 6.52. The monoisotopic (exact) mass is 217 g/mol. The normalized spacial score (nSPS) is 11.2. The molecular formula is C13H15NO2. The van der Waals surface area contributed by atoms with E-state index in [1.807, 2.05) is 13.0 Å². The first-order valence-corrected chi connectivity index (χ1v) is 5.25. The van der Waals surface area contributed by atoms with Crippen molar-refractivity contribution in [3.8, 4) is 18.1 Å².